The van der Waals surface area contributed by atoms with Crippen LogP contribution in [-0.2, 0) is 4.84 Å². The third kappa shape index (κ3) is 4.34. The Morgan fingerprint density at radius 1 is 1.57 bits per heavy atom. The van der Waals surface area contributed by atoms with E-state index in [0.717, 1.165) is 5.56 Å². The second kappa shape index (κ2) is 6.50. The Balaban J connectivity index is 2.28. The van der Waals surface area contributed by atoms with E-state index in [-0.39, 0.29) is 11.4 Å². The molecule has 0 saturated carbocycles. The Morgan fingerprint density at radius 3 is 2.93 bits per heavy atom. The van der Waals surface area contributed by atoms with E-state index in [0.29, 0.717) is 6.61 Å². The van der Waals surface area contributed by atoms with Crippen molar-refractivity contribution in [3.05, 3.63) is 30.1 Å². The number of nitrogens with zero attached hydrogens (tertiary/aromatic N) is 2. The highest BCUT2D eigenvalue weighted by atomic mass is 79.9. The summed E-state index contributed by atoms with van der Waals surface area (Å²) in [6.07, 6.45) is 4.96. The van der Waals surface area contributed by atoms with E-state index < -0.39 is 0 Å². The summed E-state index contributed by atoms with van der Waals surface area (Å²) in [5, 5.41) is 12.4. The molecule has 0 amide bonds. The lowest BCUT2D eigenvalue weighted by molar-refractivity contribution is 0.131. The molecule has 0 radical (unpaired) electrons. The summed E-state index contributed by atoms with van der Waals surface area (Å²) in [5.41, 5.74) is 0.926. The minimum Gasteiger partial charge on any atom is -0.395 e. The van der Waals surface area contributed by atoms with Gasteiger partial charge in [-0.05, 0) is 17.7 Å². The number of alkyl halides is 1. The van der Waals surface area contributed by atoms with Crippen molar-refractivity contribution in [3.8, 4) is 0 Å². The number of aliphatic hydroxyl groups excluding tert-OH is 1. The van der Waals surface area contributed by atoms with Crippen LogP contribution in [0.1, 0.15) is 5.56 Å². The molecule has 1 aromatic heterocycles. The molecule has 5 heteroatoms. The highest BCUT2D eigenvalue weighted by Gasteiger charge is 2.00. The standard InChI is InChI=1S/C9H11BrN2O2/c10-9(6-13)7-14-12-5-8-1-3-11-4-2-8/h1-5,9,13H,6-7H2/b12-5+. The molecule has 76 valence electrons. The molecule has 0 aromatic carbocycles. The van der Waals surface area contributed by atoms with Crippen LogP contribution in [0.15, 0.2) is 29.7 Å². The van der Waals surface area contributed by atoms with Gasteiger partial charge < -0.3 is 9.94 Å². The summed E-state index contributed by atoms with van der Waals surface area (Å²) >= 11 is 3.20. The van der Waals surface area contributed by atoms with Gasteiger partial charge in [-0.2, -0.15) is 0 Å². The van der Waals surface area contributed by atoms with Gasteiger partial charge in [0.2, 0.25) is 0 Å². The molecule has 0 aliphatic carbocycles. The van der Waals surface area contributed by atoms with Gasteiger partial charge in [-0.15, -0.1) is 0 Å². The molecule has 4 nitrogen and oxygen atoms in total. The molecule has 1 rings (SSSR count). The average Bonchev–Trinajstić information content (AvgIpc) is 2.25. The first kappa shape index (κ1) is 11.1. The molecule has 1 N–H and O–H groups in total. The largest absolute Gasteiger partial charge is 0.395 e. The molecular weight excluding hydrogens is 248 g/mol. The first-order valence-corrected chi connectivity index (χ1v) is 5.05. The highest BCUT2D eigenvalue weighted by molar-refractivity contribution is 9.09. The van der Waals surface area contributed by atoms with Crippen molar-refractivity contribution in [2.45, 2.75) is 4.83 Å². The molecule has 0 spiro atoms. The molecule has 0 aliphatic rings. The molecule has 0 bridgehead atoms. The van der Waals surface area contributed by atoms with E-state index in [1.807, 2.05) is 12.1 Å². The zero-order valence-electron chi connectivity index (χ0n) is 7.51. The Hall–Kier alpha value is -0.940. The van der Waals surface area contributed by atoms with Crippen molar-refractivity contribution in [1.82, 2.24) is 4.98 Å². The lowest BCUT2D eigenvalue weighted by atomic mass is 10.3. The number of hydrogen-bond donors (Lipinski definition) is 1. The SMILES string of the molecule is OCC(Br)CO/N=C/c1ccncc1. The third-order valence-corrected chi connectivity index (χ3v) is 1.99. The van der Waals surface area contributed by atoms with Crippen LogP contribution in [0.3, 0.4) is 0 Å². The molecule has 0 fully saturated rings. The summed E-state index contributed by atoms with van der Waals surface area (Å²) in [7, 11) is 0. The lowest BCUT2D eigenvalue weighted by Gasteiger charge is -2.02. The maximum absolute atomic E-state index is 8.66. The van der Waals surface area contributed by atoms with Crippen LogP contribution in [-0.4, -0.2) is 34.3 Å². The summed E-state index contributed by atoms with van der Waals surface area (Å²) in [5.74, 6) is 0. The van der Waals surface area contributed by atoms with Crippen molar-refractivity contribution >= 4 is 22.1 Å². The molecule has 1 atom stereocenters. The zero-order valence-corrected chi connectivity index (χ0v) is 9.09. The van der Waals surface area contributed by atoms with Crippen LogP contribution in [0.5, 0.6) is 0 Å². The fraction of sp³-hybridized carbons (Fsp3) is 0.333. The second-order valence-corrected chi connectivity index (χ2v) is 3.89. The number of aromatic nitrogens is 1. The van der Waals surface area contributed by atoms with E-state index in [9.17, 15) is 0 Å². The minimum atomic E-state index is -0.0721. The van der Waals surface area contributed by atoms with Crippen LogP contribution in [0.4, 0.5) is 0 Å². The molecule has 14 heavy (non-hydrogen) atoms. The van der Waals surface area contributed by atoms with E-state index in [1.54, 1.807) is 18.6 Å². The maximum Gasteiger partial charge on any atom is 0.131 e. The second-order valence-electron chi connectivity index (χ2n) is 2.59. The highest BCUT2D eigenvalue weighted by Crippen LogP contribution is 1.98. The topological polar surface area (TPSA) is 54.7 Å². The first-order chi connectivity index (χ1) is 6.83. The van der Waals surface area contributed by atoms with Gasteiger partial charge in [-0.25, -0.2) is 0 Å². The van der Waals surface area contributed by atoms with E-state index in [1.165, 1.54) is 0 Å². The zero-order chi connectivity index (χ0) is 10.2. The predicted octanol–water partition coefficient (Wildman–Crippen LogP) is 1.19. The van der Waals surface area contributed by atoms with Gasteiger partial charge in [0.25, 0.3) is 0 Å². The van der Waals surface area contributed by atoms with Gasteiger partial charge in [0.05, 0.1) is 17.6 Å². The Labute approximate surface area is 90.7 Å². The number of pyridine rings is 1. The van der Waals surface area contributed by atoms with Crippen molar-refractivity contribution in [1.29, 1.82) is 0 Å². The average molecular weight is 259 g/mol. The molecular formula is C9H11BrN2O2. The number of rotatable bonds is 5. The quantitative estimate of drug-likeness (QED) is 0.491. The molecule has 0 aliphatic heterocycles. The van der Waals surface area contributed by atoms with Crippen molar-refractivity contribution in [3.63, 3.8) is 0 Å². The van der Waals surface area contributed by atoms with Gasteiger partial charge >= 0.3 is 0 Å². The summed E-state index contributed by atoms with van der Waals surface area (Å²) in [4.78, 5) is 8.73. The lowest BCUT2D eigenvalue weighted by Crippen LogP contribution is -2.10. The van der Waals surface area contributed by atoms with Crippen molar-refractivity contribution in [2.24, 2.45) is 5.16 Å². The minimum absolute atomic E-state index is 0.0325. The van der Waals surface area contributed by atoms with Crippen molar-refractivity contribution < 1.29 is 9.94 Å². The molecule has 1 unspecified atom stereocenters. The number of halogens is 1. The van der Waals surface area contributed by atoms with Crippen LogP contribution in [0, 0.1) is 0 Å². The number of hydrogen-bond acceptors (Lipinski definition) is 4. The van der Waals surface area contributed by atoms with Crippen LogP contribution < -0.4 is 0 Å². The fourth-order valence-corrected chi connectivity index (χ4v) is 0.842. The summed E-state index contributed by atoms with van der Waals surface area (Å²) in [6, 6.07) is 3.65. The first-order valence-electron chi connectivity index (χ1n) is 4.13. The number of aliphatic hydroxyl groups is 1. The van der Waals surface area contributed by atoms with Gasteiger partial charge in [-0.1, -0.05) is 21.1 Å². The van der Waals surface area contributed by atoms with E-state index in [4.69, 9.17) is 9.94 Å². The smallest absolute Gasteiger partial charge is 0.131 e. The third-order valence-electron chi connectivity index (χ3n) is 1.44. The van der Waals surface area contributed by atoms with Gasteiger partial charge in [0.1, 0.15) is 6.61 Å². The van der Waals surface area contributed by atoms with Gasteiger partial charge in [0.15, 0.2) is 0 Å². The fourth-order valence-electron chi connectivity index (χ4n) is 0.724. The maximum atomic E-state index is 8.66. The monoisotopic (exact) mass is 258 g/mol. The molecule has 1 heterocycles. The normalized spacial score (nSPS) is 13.0. The Kier molecular flexibility index (Phi) is 5.17. The van der Waals surface area contributed by atoms with E-state index >= 15 is 0 Å². The summed E-state index contributed by atoms with van der Waals surface area (Å²) < 4.78 is 0. The van der Waals surface area contributed by atoms with Crippen LogP contribution in [0.2, 0.25) is 0 Å². The van der Waals surface area contributed by atoms with Gasteiger partial charge in [0, 0.05) is 12.4 Å². The number of oxime groups is 1. The predicted molar refractivity (Wildman–Crippen MR) is 57.6 cm³/mol. The van der Waals surface area contributed by atoms with Crippen LogP contribution >= 0.6 is 15.9 Å². The van der Waals surface area contributed by atoms with Crippen molar-refractivity contribution in [2.75, 3.05) is 13.2 Å². The van der Waals surface area contributed by atoms with E-state index in [2.05, 4.69) is 26.1 Å². The Morgan fingerprint density at radius 2 is 2.29 bits per heavy atom. The van der Waals surface area contributed by atoms with Crippen LogP contribution in [0.25, 0.3) is 0 Å². The molecule has 1 aromatic rings. The Bertz CT molecular complexity index is 279. The molecule has 0 saturated heterocycles. The van der Waals surface area contributed by atoms with Gasteiger partial charge in [-0.3, -0.25) is 4.98 Å². The summed E-state index contributed by atoms with van der Waals surface area (Å²) in [6.45, 7) is 0.378.